The molecule has 2 heteroatoms. The van der Waals surface area contributed by atoms with Crippen molar-refractivity contribution in [3.05, 3.63) is 0 Å². The van der Waals surface area contributed by atoms with E-state index in [4.69, 9.17) is 5.73 Å². The summed E-state index contributed by atoms with van der Waals surface area (Å²) in [5.41, 5.74) is 5.03. The predicted molar refractivity (Wildman–Crippen MR) is 113 cm³/mol. The molecule has 3 N–H and O–H groups in total. The average Bonchev–Trinajstić information content (AvgIpc) is 2.56. The molecular formula is C23H49NO. The Bertz CT molecular complexity index is 239. The van der Waals surface area contributed by atoms with Gasteiger partial charge in [-0.25, -0.2) is 0 Å². The minimum Gasteiger partial charge on any atom is -0.376 e. The van der Waals surface area contributed by atoms with E-state index < -0.39 is 5.72 Å². The third kappa shape index (κ3) is 17.1. The molecule has 2 nitrogen and oxygen atoms in total. The lowest BCUT2D eigenvalue weighted by molar-refractivity contribution is -0.00458. The summed E-state index contributed by atoms with van der Waals surface area (Å²) in [4.78, 5) is 0. The monoisotopic (exact) mass is 355 g/mol. The largest absolute Gasteiger partial charge is 0.376 e. The Labute approximate surface area is 159 Å². The summed E-state index contributed by atoms with van der Waals surface area (Å²) in [6, 6.07) is 0. The van der Waals surface area contributed by atoms with Crippen LogP contribution >= 0.6 is 0 Å². The van der Waals surface area contributed by atoms with Gasteiger partial charge >= 0.3 is 0 Å². The molecule has 0 rings (SSSR count). The van der Waals surface area contributed by atoms with Gasteiger partial charge < -0.3 is 10.8 Å². The molecule has 25 heavy (non-hydrogen) atoms. The number of hydrogen-bond donors (Lipinski definition) is 2. The number of hydrogen-bond acceptors (Lipinski definition) is 2. The summed E-state index contributed by atoms with van der Waals surface area (Å²) in [5, 5.41) is 10.3. The summed E-state index contributed by atoms with van der Waals surface area (Å²) < 4.78 is 0. The second-order valence-corrected chi connectivity index (χ2v) is 8.45. The van der Waals surface area contributed by atoms with Crippen molar-refractivity contribution in [3.8, 4) is 0 Å². The van der Waals surface area contributed by atoms with E-state index >= 15 is 0 Å². The van der Waals surface area contributed by atoms with E-state index in [1.165, 1.54) is 103 Å². The highest BCUT2D eigenvalue weighted by atomic mass is 16.3. The Morgan fingerprint density at radius 3 is 1.16 bits per heavy atom. The third-order valence-corrected chi connectivity index (χ3v) is 5.64. The van der Waals surface area contributed by atoms with Crippen molar-refractivity contribution in [1.82, 2.24) is 0 Å². The Balaban J connectivity index is 3.67. The van der Waals surface area contributed by atoms with Gasteiger partial charge in [0.25, 0.3) is 0 Å². The SMILES string of the molecule is CCCCCCCCCCC(CCCCCCCCCC)C(C)(N)O. The minimum absolute atomic E-state index is 0.271. The zero-order chi connectivity index (χ0) is 18.8. The molecule has 0 aliphatic rings. The van der Waals surface area contributed by atoms with Crippen molar-refractivity contribution in [2.24, 2.45) is 11.7 Å². The van der Waals surface area contributed by atoms with Crippen LogP contribution in [0.2, 0.25) is 0 Å². The summed E-state index contributed by atoms with van der Waals surface area (Å²) in [6.45, 7) is 6.34. The summed E-state index contributed by atoms with van der Waals surface area (Å²) in [5.74, 6) is 0.271. The Hall–Kier alpha value is -0.0800. The topological polar surface area (TPSA) is 46.2 Å². The van der Waals surface area contributed by atoms with Crippen molar-refractivity contribution in [1.29, 1.82) is 0 Å². The fraction of sp³-hybridized carbons (Fsp3) is 1.00. The van der Waals surface area contributed by atoms with Crippen molar-refractivity contribution in [3.63, 3.8) is 0 Å². The quantitative estimate of drug-likeness (QED) is 0.188. The van der Waals surface area contributed by atoms with Crippen LogP contribution in [0.1, 0.15) is 136 Å². The van der Waals surface area contributed by atoms with Crippen LogP contribution in [0.15, 0.2) is 0 Å². The van der Waals surface area contributed by atoms with Gasteiger partial charge in [0.15, 0.2) is 0 Å². The van der Waals surface area contributed by atoms with E-state index in [1.54, 1.807) is 6.92 Å². The maximum Gasteiger partial charge on any atom is 0.113 e. The molecule has 0 aromatic heterocycles. The molecule has 0 aliphatic carbocycles. The van der Waals surface area contributed by atoms with Crippen LogP contribution in [-0.2, 0) is 0 Å². The highest BCUT2D eigenvalue weighted by Crippen LogP contribution is 2.26. The average molecular weight is 356 g/mol. The van der Waals surface area contributed by atoms with Crippen molar-refractivity contribution in [2.75, 3.05) is 0 Å². The molecule has 0 aromatic carbocycles. The minimum atomic E-state index is -0.998. The van der Waals surface area contributed by atoms with E-state index in [2.05, 4.69) is 13.8 Å². The van der Waals surface area contributed by atoms with Gasteiger partial charge in [-0.15, -0.1) is 0 Å². The van der Waals surface area contributed by atoms with E-state index in [1.807, 2.05) is 0 Å². The van der Waals surface area contributed by atoms with E-state index in [0.717, 1.165) is 12.8 Å². The molecule has 0 radical (unpaired) electrons. The smallest absolute Gasteiger partial charge is 0.113 e. The fourth-order valence-electron chi connectivity index (χ4n) is 3.78. The Morgan fingerprint density at radius 1 is 0.600 bits per heavy atom. The normalized spacial score (nSPS) is 14.2. The number of aliphatic hydroxyl groups is 1. The molecule has 0 amide bonds. The van der Waals surface area contributed by atoms with Crippen LogP contribution in [0.3, 0.4) is 0 Å². The third-order valence-electron chi connectivity index (χ3n) is 5.64. The number of nitrogens with two attached hydrogens (primary N) is 1. The molecule has 0 aromatic rings. The maximum absolute atomic E-state index is 10.3. The van der Waals surface area contributed by atoms with E-state index in [9.17, 15) is 5.11 Å². The molecule has 0 saturated carbocycles. The zero-order valence-corrected chi connectivity index (χ0v) is 17.8. The first-order valence-corrected chi connectivity index (χ1v) is 11.5. The standard InChI is InChI=1S/C23H49NO/c1-4-6-8-10-12-14-16-18-20-22(23(3,24)25)21-19-17-15-13-11-9-7-5-2/h22,25H,4-21,24H2,1-3H3. The van der Waals surface area contributed by atoms with Gasteiger partial charge in [-0.3, -0.25) is 0 Å². The zero-order valence-electron chi connectivity index (χ0n) is 17.8. The molecule has 0 bridgehead atoms. The first-order chi connectivity index (χ1) is 12.0. The van der Waals surface area contributed by atoms with Gasteiger partial charge in [-0.2, -0.15) is 0 Å². The molecule has 152 valence electrons. The highest BCUT2D eigenvalue weighted by molar-refractivity contribution is 4.76. The predicted octanol–water partition coefficient (Wildman–Crippen LogP) is 7.33. The second kappa shape index (κ2) is 17.3. The van der Waals surface area contributed by atoms with E-state index in [-0.39, 0.29) is 5.92 Å². The van der Waals surface area contributed by atoms with Crippen LogP contribution in [0.25, 0.3) is 0 Å². The van der Waals surface area contributed by atoms with Gasteiger partial charge in [0.05, 0.1) is 0 Å². The highest BCUT2D eigenvalue weighted by Gasteiger charge is 2.26. The maximum atomic E-state index is 10.3. The van der Waals surface area contributed by atoms with Crippen LogP contribution < -0.4 is 5.73 Å². The summed E-state index contributed by atoms with van der Waals surface area (Å²) in [7, 11) is 0. The fourth-order valence-corrected chi connectivity index (χ4v) is 3.78. The Morgan fingerprint density at radius 2 is 0.880 bits per heavy atom. The lowest BCUT2D eigenvalue weighted by atomic mass is 9.86. The van der Waals surface area contributed by atoms with Crippen LogP contribution in [0.4, 0.5) is 0 Å². The molecule has 0 saturated heterocycles. The van der Waals surface area contributed by atoms with Crippen LogP contribution in [0.5, 0.6) is 0 Å². The van der Waals surface area contributed by atoms with Crippen LogP contribution in [0, 0.1) is 5.92 Å². The van der Waals surface area contributed by atoms with Gasteiger partial charge in [-0.1, -0.05) is 117 Å². The van der Waals surface area contributed by atoms with Gasteiger partial charge in [0.1, 0.15) is 5.72 Å². The van der Waals surface area contributed by atoms with Crippen molar-refractivity contribution >= 4 is 0 Å². The first-order valence-electron chi connectivity index (χ1n) is 11.5. The molecular weight excluding hydrogens is 306 g/mol. The molecule has 0 spiro atoms. The first kappa shape index (κ1) is 24.9. The summed E-state index contributed by atoms with van der Waals surface area (Å²) in [6.07, 6.45) is 23.7. The van der Waals surface area contributed by atoms with E-state index in [0.29, 0.717) is 0 Å². The lowest BCUT2D eigenvalue weighted by Crippen LogP contribution is -2.44. The van der Waals surface area contributed by atoms with Gasteiger partial charge in [-0.05, 0) is 19.8 Å². The van der Waals surface area contributed by atoms with Gasteiger partial charge in [0, 0.05) is 5.92 Å². The lowest BCUT2D eigenvalue weighted by Gasteiger charge is -2.29. The summed E-state index contributed by atoms with van der Waals surface area (Å²) >= 11 is 0. The van der Waals surface area contributed by atoms with Crippen molar-refractivity contribution in [2.45, 2.75) is 142 Å². The van der Waals surface area contributed by atoms with Crippen molar-refractivity contribution < 1.29 is 5.11 Å². The molecule has 0 heterocycles. The Kier molecular flexibility index (Phi) is 17.3. The molecule has 1 unspecified atom stereocenters. The molecule has 0 aliphatic heterocycles. The van der Waals surface area contributed by atoms with Gasteiger partial charge in [0.2, 0.25) is 0 Å². The second-order valence-electron chi connectivity index (χ2n) is 8.45. The molecule has 0 fully saturated rings. The number of unbranched alkanes of at least 4 members (excludes halogenated alkanes) is 14. The molecule has 1 atom stereocenters. The number of rotatable bonds is 19. The van der Waals surface area contributed by atoms with Crippen LogP contribution in [-0.4, -0.2) is 10.8 Å².